The number of halogens is 1. The van der Waals surface area contributed by atoms with Crippen LogP contribution < -0.4 is 11.1 Å². The maximum Gasteiger partial charge on any atom is 0.252 e. The first-order valence-corrected chi connectivity index (χ1v) is 6.05. The van der Waals surface area contributed by atoms with Crippen molar-refractivity contribution >= 4 is 11.7 Å². The fourth-order valence-electron chi connectivity index (χ4n) is 1.84. The monoisotopic (exact) mass is 267 g/mol. The zero-order valence-electron chi connectivity index (χ0n) is 11.0. The molecule has 0 radical (unpaired) electrons. The standard InChI is InChI=1S/C13H18FN3O2/c1-3-13(4-2,12(15)17-19)16-11(18)9-5-7-10(14)8-6-9/h5-8,19H,3-4H2,1-2H3,(H2,15,17)(H,16,18). The molecule has 1 aromatic rings. The third-order valence-corrected chi connectivity index (χ3v) is 3.26. The van der Waals surface area contributed by atoms with Gasteiger partial charge in [0, 0.05) is 5.56 Å². The van der Waals surface area contributed by atoms with E-state index in [-0.39, 0.29) is 5.84 Å². The fourth-order valence-corrected chi connectivity index (χ4v) is 1.84. The van der Waals surface area contributed by atoms with Gasteiger partial charge in [0.05, 0.1) is 0 Å². The molecule has 0 atom stereocenters. The Labute approximate surface area is 111 Å². The molecule has 0 heterocycles. The van der Waals surface area contributed by atoms with Gasteiger partial charge in [-0.05, 0) is 37.1 Å². The van der Waals surface area contributed by atoms with Crippen LogP contribution >= 0.6 is 0 Å². The average molecular weight is 267 g/mol. The Morgan fingerprint density at radius 3 is 2.32 bits per heavy atom. The van der Waals surface area contributed by atoms with Crippen molar-refractivity contribution in [1.29, 1.82) is 0 Å². The first-order valence-electron chi connectivity index (χ1n) is 6.05. The van der Waals surface area contributed by atoms with Gasteiger partial charge < -0.3 is 16.3 Å². The molecule has 5 nitrogen and oxygen atoms in total. The molecule has 4 N–H and O–H groups in total. The number of nitrogens with zero attached hydrogens (tertiary/aromatic N) is 1. The van der Waals surface area contributed by atoms with Gasteiger partial charge in [0.15, 0.2) is 5.84 Å². The predicted molar refractivity (Wildman–Crippen MR) is 70.6 cm³/mol. The number of nitrogens with two attached hydrogens (primary N) is 1. The van der Waals surface area contributed by atoms with Gasteiger partial charge in [0.2, 0.25) is 0 Å². The summed E-state index contributed by atoms with van der Waals surface area (Å²) in [5.74, 6) is -0.853. The normalized spacial score (nSPS) is 12.3. The summed E-state index contributed by atoms with van der Waals surface area (Å²) in [6, 6.07) is 5.18. The molecule has 0 aliphatic rings. The zero-order chi connectivity index (χ0) is 14.5. The Morgan fingerprint density at radius 2 is 1.89 bits per heavy atom. The van der Waals surface area contributed by atoms with Crippen LogP contribution in [0.3, 0.4) is 0 Å². The van der Waals surface area contributed by atoms with Gasteiger partial charge >= 0.3 is 0 Å². The topological polar surface area (TPSA) is 87.7 Å². The summed E-state index contributed by atoms with van der Waals surface area (Å²) >= 11 is 0. The molecule has 1 aromatic carbocycles. The number of nitrogens with one attached hydrogen (secondary N) is 1. The number of hydrogen-bond donors (Lipinski definition) is 3. The van der Waals surface area contributed by atoms with E-state index in [9.17, 15) is 9.18 Å². The molecule has 0 saturated carbocycles. The summed E-state index contributed by atoms with van der Waals surface area (Å²) in [7, 11) is 0. The molecule has 0 bridgehead atoms. The summed E-state index contributed by atoms with van der Waals surface area (Å²) in [4.78, 5) is 12.1. The van der Waals surface area contributed by atoms with Gasteiger partial charge in [-0.1, -0.05) is 19.0 Å². The maximum absolute atomic E-state index is 12.8. The van der Waals surface area contributed by atoms with Crippen molar-refractivity contribution < 1.29 is 14.4 Å². The van der Waals surface area contributed by atoms with Crippen LogP contribution in [0.25, 0.3) is 0 Å². The van der Waals surface area contributed by atoms with Crippen molar-refractivity contribution in [3.8, 4) is 0 Å². The van der Waals surface area contributed by atoms with E-state index in [0.717, 1.165) is 0 Å². The van der Waals surface area contributed by atoms with Crippen molar-refractivity contribution in [3.63, 3.8) is 0 Å². The predicted octanol–water partition coefficient (Wildman–Crippen LogP) is 1.86. The highest BCUT2D eigenvalue weighted by Crippen LogP contribution is 2.16. The Hall–Kier alpha value is -2.11. The van der Waals surface area contributed by atoms with E-state index in [0.29, 0.717) is 18.4 Å². The lowest BCUT2D eigenvalue weighted by Gasteiger charge is -2.31. The number of benzene rings is 1. The second-order valence-electron chi connectivity index (χ2n) is 4.24. The number of rotatable bonds is 5. The van der Waals surface area contributed by atoms with Gasteiger partial charge in [0.1, 0.15) is 11.4 Å². The largest absolute Gasteiger partial charge is 0.409 e. The molecule has 0 fully saturated rings. The number of amides is 1. The minimum Gasteiger partial charge on any atom is -0.409 e. The molecule has 0 unspecified atom stereocenters. The van der Waals surface area contributed by atoms with Crippen LogP contribution in [0, 0.1) is 5.82 Å². The first-order chi connectivity index (χ1) is 8.99. The van der Waals surface area contributed by atoms with E-state index in [4.69, 9.17) is 10.9 Å². The highest BCUT2D eigenvalue weighted by atomic mass is 19.1. The highest BCUT2D eigenvalue weighted by Gasteiger charge is 2.33. The number of carbonyl (C=O) groups is 1. The second kappa shape index (κ2) is 6.17. The van der Waals surface area contributed by atoms with Crippen molar-refractivity contribution in [2.24, 2.45) is 10.9 Å². The van der Waals surface area contributed by atoms with E-state index in [2.05, 4.69) is 10.5 Å². The van der Waals surface area contributed by atoms with Crippen molar-refractivity contribution in [3.05, 3.63) is 35.6 Å². The number of amidine groups is 1. The van der Waals surface area contributed by atoms with Crippen molar-refractivity contribution in [1.82, 2.24) is 5.32 Å². The van der Waals surface area contributed by atoms with E-state index in [1.165, 1.54) is 24.3 Å². The second-order valence-corrected chi connectivity index (χ2v) is 4.24. The molecular weight excluding hydrogens is 249 g/mol. The van der Waals surface area contributed by atoms with Gasteiger partial charge in [0.25, 0.3) is 5.91 Å². The summed E-state index contributed by atoms with van der Waals surface area (Å²) in [5.41, 5.74) is 5.06. The van der Waals surface area contributed by atoms with E-state index in [1.54, 1.807) is 0 Å². The minimum atomic E-state index is -0.903. The molecule has 19 heavy (non-hydrogen) atoms. The SMILES string of the molecule is CCC(CC)(NC(=O)c1ccc(F)cc1)/C(N)=N/O. The lowest BCUT2D eigenvalue weighted by atomic mass is 9.91. The molecule has 104 valence electrons. The van der Waals surface area contributed by atoms with E-state index < -0.39 is 17.3 Å². The van der Waals surface area contributed by atoms with Crippen molar-refractivity contribution in [2.75, 3.05) is 0 Å². The highest BCUT2D eigenvalue weighted by molar-refractivity contribution is 6.00. The molecule has 0 aromatic heterocycles. The quantitative estimate of drug-likeness (QED) is 0.329. The maximum atomic E-state index is 12.8. The summed E-state index contributed by atoms with van der Waals surface area (Å²) in [5, 5.41) is 14.5. The average Bonchev–Trinajstić information content (AvgIpc) is 2.44. The molecule has 6 heteroatoms. The number of oxime groups is 1. The summed E-state index contributed by atoms with van der Waals surface area (Å²) in [6.07, 6.45) is 0.957. The minimum absolute atomic E-state index is 0.0482. The molecular formula is C13H18FN3O2. The van der Waals surface area contributed by atoms with Crippen LogP contribution in [0.4, 0.5) is 4.39 Å². The fraction of sp³-hybridized carbons (Fsp3) is 0.385. The number of hydrogen-bond acceptors (Lipinski definition) is 3. The Balaban J connectivity index is 2.97. The lowest BCUT2D eigenvalue weighted by Crippen LogP contribution is -2.56. The Kier molecular flexibility index (Phi) is 4.86. The van der Waals surface area contributed by atoms with Gasteiger partial charge in [-0.25, -0.2) is 4.39 Å². The van der Waals surface area contributed by atoms with Gasteiger partial charge in [-0.3, -0.25) is 4.79 Å². The zero-order valence-corrected chi connectivity index (χ0v) is 11.0. The molecule has 0 aliphatic carbocycles. The molecule has 0 saturated heterocycles. The summed E-state index contributed by atoms with van der Waals surface area (Å²) < 4.78 is 12.8. The van der Waals surface area contributed by atoms with Crippen LogP contribution in [0.5, 0.6) is 0 Å². The van der Waals surface area contributed by atoms with Crippen LogP contribution in [0.2, 0.25) is 0 Å². The third kappa shape index (κ3) is 3.21. The first kappa shape index (κ1) is 14.9. The molecule has 0 spiro atoms. The van der Waals surface area contributed by atoms with Gasteiger partial charge in [-0.15, -0.1) is 0 Å². The summed E-state index contributed by atoms with van der Waals surface area (Å²) in [6.45, 7) is 3.65. The van der Waals surface area contributed by atoms with E-state index >= 15 is 0 Å². The van der Waals surface area contributed by atoms with E-state index in [1.807, 2.05) is 13.8 Å². The van der Waals surface area contributed by atoms with Gasteiger partial charge in [-0.2, -0.15) is 0 Å². The Bertz CT molecular complexity index is 467. The molecule has 1 rings (SSSR count). The molecule has 0 aliphatic heterocycles. The van der Waals surface area contributed by atoms with Crippen LogP contribution in [-0.4, -0.2) is 22.5 Å². The lowest BCUT2D eigenvalue weighted by molar-refractivity contribution is 0.0918. The van der Waals surface area contributed by atoms with Crippen molar-refractivity contribution in [2.45, 2.75) is 32.2 Å². The van der Waals surface area contributed by atoms with Crippen LogP contribution in [0.1, 0.15) is 37.0 Å². The van der Waals surface area contributed by atoms with Crippen LogP contribution in [-0.2, 0) is 0 Å². The third-order valence-electron chi connectivity index (χ3n) is 3.26. The number of carbonyl (C=O) groups excluding carboxylic acids is 1. The smallest absolute Gasteiger partial charge is 0.252 e. The Morgan fingerprint density at radius 1 is 1.37 bits per heavy atom. The van der Waals surface area contributed by atoms with Crippen LogP contribution in [0.15, 0.2) is 29.4 Å². The molecule has 1 amide bonds.